The molecule has 3 aromatic rings. The van der Waals surface area contributed by atoms with Crippen LogP contribution in [-0.4, -0.2) is 38.7 Å². The number of primary amides is 1. The van der Waals surface area contributed by atoms with Crippen molar-refractivity contribution >= 4 is 16.8 Å². The molecule has 0 radical (unpaired) electrons. The van der Waals surface area contributed by atoms with Crippen LogP contribution in [0.4, 0.5) is 0 Å². The topological polar surface area (TPSA) is 114 Å². The molecule has 0 bridgehead atoms. The Morgan fingerprint density at radius 3 is 2.92 bits per heavy atom. The Kier molecular flexibility index (Phi) is 4.95. The first-order valence-electron chi connectivity index (χ1n) is 8.05. The van der Waals surface area contributed by atoms with Gasteiger partial charge in [0, 0.05) is 17.5 Å². The number of aliphatic hydroxyl groups excluding tert-OH is 1. The fourth-order valence-electron chi connectivity index (χ4n) is 2.70. The molecule has 25 heavy (non-hydrogen) atoms. The molecular formula is C18H20N4O3. The highest BCUT2D eigenvalue weighted by atomic mass is 16.5. The molecule has 130 valence electrons. The van der Waals surface area contributed by atoms with E-state index in [-0.39, 0.29) is 11.6 Å². The van der Waals surface area contributed by atoms with Gasteiger partial charge < -0.3 is 20.6 Å². The van der Waals surface area contributed by atoms with Crippen molar-refractivity contribution < 1.29 is 14.6 Å². The third-order valence-electron chi connectivity index (χ3n) is 4.07. The lowest BCUT2D eigenvalue weighted by molar-refractivity contribution is 0.0995. The number of hydrogen-bond acceptors (Lipinski definition) is 5. The predicted molar refractivity (Wildman–Crippen MR) is 93.4 cm³/mol. The minimum absolute atomic E-state index is 0.226. The van der Waals surface area contributed by atoms with E-state index in [0.717, 1.165) is 16.7 Å². The summed E-state index contributed by atoms with van der Waals surface area (Å²) in [5, 5.41) is 11.0. The molecule has 1 aromatic carbocycles. The normalized spacial score (nSPS) is 13.5. The number of aliphatic hydroxyl groups is 1. The van der Waals surface area contributed by atoms with Crippen LogP contribution in [0.25, 0.3) is 10.9 Å². The number of aromatic nitrogens is 3. The van der Waals surface area contributed by atoms with Crippen molar-refractivity contribution in [2.45, 2.75) is 25.4 Å². The van der Waals surface area contributed by atoms with Crippen LogP contribution in [0.2, 0.25) is 0 Å². The quantitative estimate of drug-likeness (QED) is 0.608. The van der Waals surface area contributed by atoms with Crippen LogP contribution in [0.1, 0.15) is 35.6 Å². The number of rotatable bonds is 7. The van der Waals surface area contributed by atoms with Crippen molar-refractivity contribution in [2.75, 3.05) is 6.61 Å². The molecule has 3 rings (SSSR count). The minimum Gasteiger partial charge on any atom is -0.494 e. The summed E-state index contributed by atoms with van der Waals surface area (Å²) in [7, 11) is 0. The van der Waals surface area contributed by atoms with Gasteiger partial charge in [0.25, 0.3) is 5.91 Å². The second kappa shape index (κ2) is 7.31. The summed E-state index contributed by atoms with van der Waals surface area (Å²) in [6.07, 6.45) is 3.02. The average Bonchev–Trinajstić information content (AvgIpc) is 3.08. The summed E-state index contributed by atoms with van der Waals surface area (Å²) in [6.45, 7) is 2.08. The van der Waals surface area contributed by atoms with E-state index in [1.807, 2.05) is 30.3 Å². The number of H-pyrrole nitrogens is 1. The van der Waals surface area contributed by atoms with Crippen molar-refractivity contribution in [3.63, 3.8) is 0 Å². The van der Waals surface area contributed by atoms with E-state index in [1.54, 1.807) is 13.1 Å². The zero-order chi connectivity index (χ0) is 17.8. The second-order valence-corrected chi connectivity index (χ2v) is 5.89. The van der Waals surface area contributed by atoms with Gasteiger partial charge in [-0.3, -0.25) is 9.78 Å². The molecule has 0 aliphatic heterocycles. The van der Waals surface area contributed by atoms with Crippen molar-refractivity contribution in [3.8, 4) is 5.75 Å². The van der Waals surface area contributed by atoms with E-state index < -0.39 is 12.0 Å². The maximum absolute atomic E-state index is 11.2. The molecule has 1 amide bonds. The Bertz CT molecular complexity index is 875. The SMILES string of the molecule is C[C@H](O)[C@H](CCOc1ccc2ncccc2c1)c1ncc(C(N)=O)[nH]1. The number of nitrogens with one attached hydrogen (secondary N) is 1. The molecule has 0 fully saturated rings. The molecule has 0 spiro atoms. The number of hydrogen-bond donors (Lipinski definition) is 3. The van der Waals surface area contributed by atoms with Gasteiger partial charge in [-0.1, -0.05) is 6.07 Å². The fraction of sp³-hybridized carbons (Fsp3) is 0.278. The number of nitrogens with zero attached hydrogens (tertiary/aromatic N) is 2. The lowest BCUT2D eigenvalue weighted by atomic mass is 9.99. The predicted octanol–water partition coefficient (Wildman–Crippen LogP) is 1.99. The van der Waals surface area contributed by atoms with E-state index in [9.17, 15) is 9.90 Å². The first-order valence-corrected chi connectivity index (χ1v) is 8.05. The van der Waals surface area contributed by atoms with Crippen LogP contribution in [0, 0.1) is 0 Å². The summed E-state index contributed by atoms with van der Waals surface area (Å²) < 4.78 is 5.80. The Labute approximate surface area is 144 Å². The van der Waals surface area contributed by atoms with Crippen LogP contribution in [0.3, 0.4) is 0 Å². The summed E-state index contributed by atoms with van der Waals surface area (Å²) in [4.78, 5) is 22.4. The highest BCUT2D eigenvalue weighted by molar-refractivity contribution is 5.90. The van der Waals surface area contributed by atoms with E-state index in [0.29, 0.717) is 18.9 Å². The van der Waals surface area contributed by atoms with Crippen LogP contribution in [0.5, 0.6) is 5.75 Å². The molecule has 0 aliphatic rings. The number of aromatic amines is 1. The maximum Gasteiger partial charge on any atom is 0.266 e. The zero-order valence-electron chi connectivity index (χ0n) is 13.8. The molecule has 7 nitrogen and oxygen atoms in total. The fourth-order valence-corrected chi connectivity index (χ4v) is 2.70. The summed E-state index contributed by atoms with van der Waals surface area (Å²) in [5.41, 5.74) is 6.36. The first-order chi connectivity index (χ1) is 12.0. The molecule has 2 heterocycles. The molecule has 2 aromatic heterocycles. The number of imidazole rings is 1. The number of amides is 1. The van der Waals surface area contributed by atoms with Gasteiger partial charge in [-0.25, -0.2) is 4.98 Å². The van der Waals surface area contributed by atoms with E-state index in [1.165, 1.54) is 6.20 Å². The minimum atomic E-state index is -0.642. The van der Waals surface area contributed by atoms with Crippen LogP contribution < -0.4 is 10.5 Å². The molecule has 0 unspecified atom stereocenters. The maximum atomic E-state index is 11.2. The monoisotopic (exact) mass is 340 g/mol. The molecule has 0 saturated heterocycles. The zero-order valence-corrected chi connectivity index (χ0v) is 13.8. The largest absolute Gasteiger partial charge is 0.494 e. The van der Waals surface area contributed by atoms with Gasteiger partial charge in [0.15, 0.2) is 0 Å². The van der Waals surface area contributed by atoms with Crippen molar-refractivity contribution in [1.29, 1.82) is 0 Å². The first kappa shape index (κ1) is 16.9. The number of carbonyl (C=O) groups excluding carboxylic acids is 1. The summed E-state index contributed by atoms with van der Waals surface area (Å²) in [5.74, 6) is 0.400. The Hall–Kier alpha value is -2.93. The molecule has 2 atom stereocenters. The van der Waals surface area contributed by atoms with Gasteiger partial charge >= 0.3 is 0 Å². The molecule has 0 saturated carbocycles. The highest BCUT2D eigenvalue weighted by Crippen LogP contribution is 2.23. The van der Waals surface area contributed by atoms with Gasteiger partial charge in [0.2, 0.25) is 0 Å². The molecule has 0 aliphatic carbocycles. The van der Waals surface area contributed by atoms with Crippen LogP contribution >= 0.6 is 0 Å². The summed E-state index contributed by atoms with van der Waals surface area (Å²) in [6, 6.07) is 9.55. The van der Waals surface area contributed by atoms with Crippen LogP contribution in [0.15, 0.2) is 42.7 Å². The van der Waals surface area contributed by atoms with Gasteiger partial charge in [-0.15, -0.1) is 0 Å². The third kappa shape index (κ3) is 3.95. The standard InChI is InChI=1S/C18H20N4O3/c1-11(23)14(18-21-10-16(22-18)17(19)24)6-8-25-13-4-5-15-12(9-13)3-2-7-20-15/h2-5,7,9-11,14,23H,6,8H2,1H3,(H2,19,24)(H,21,22)/t11-,14-/m0/s1. The smallest absolute Gasteiger partial charge is 0.266 e. The lowest BCUT2D eigenvalue weighted by Crippen LogP contribution is -2.19. The van der Waals surface area contributed by atoms with E-state index in [4.69, 9.17) is 10.5 Å². The van der Waals surface area contributed by atoms with Gasteiger partial charge in [-0.05, 0) is 37.6 Å². The average molecular weight is 340 g/mol. The van der Waals surface area contributed by atoms with Crippen molar-refractivity contribution in [2.24, 2.45) is 5.73 Å². The second-order valence-electron chi connectivity index (χ2n) is 5.89. The third-order valence-corrected chi connectivity index (χ3v) is 4.07. The number of nitrogens with two attached hydrogens (primary N) is 1. The summed E-state index contributed by atoms with van der Waals surface area (Å²) >= 11 is 0. The Morgan fingerprint density at radius 1 is 1.36 bits per heavy atom. The molecule has 7 heteroatoms. The number of ether oxygens (including phenoxy) is 1. The number of fused-ring (bicyclic) bond motifs is 1. The van der Waals surface area contributed by atoms with Crippen LogP contribution in [-0.2, 0) is 0 Å². The van der Waals surface area contributed by atoms with Gasteiger partial charge in [0.05, 0.1) is 24.4 Å². The number of benzene rings is 1. The van der Waals surface area contributed by atoms with Crippen molar-refractivity contribution in [3.05, 3.63) is 54.2 Å². The lowest BCUT2D eigenvalue weighted by Gasteiger charge is -2.18. The van der Waals surface area contributed by atoms with Gasteiger partial charge in [-0.2, -0.15) is 0 Å². The number of pyridine rings is 1. The molecular weight excluding hydrogens is 320 g/mol. The van der Waals surface area contributed by atoms with E-state index >= 15 is 0 Å². The highest BCUT2D eigenvalue weighted by Gasteiger charge is 2.21. The van der Waals surface area contributed by atoms with Crippen molar-refractivity contribution in [1.82, 2.24) is 15.0 Å². The Balaban J connectivity index is 1.65. The molecule has 4 N–H and O–H groups in total. The van der Waals surface area contributed by atoms with E-state index in [2.05, 4.69) is 15.0 Å². The Morgan fingerprint density at radius 2 is 2.20 bits per heavy atom. The number of carbonyl (C=O) groups is 1. The van der Waals surface area contributed by atoms with Gasteiger partial charge in [0.1, 0.15) is 17.3 Å².